The molecule has 0 fully saturated rings. The molecule has 0 bridgehead atoms. The summed E-state index contributed by atoms with van der Waals surface area (Å²) in [4.78, 5) is 32.4. The summed E-state index contributed by atoms with van der Waals surface area (Å²) in [6.45, 7) is 3.95. The maximum Gasteiger partial charge on any atom is 0.338 e. The van der Waals surface area contributed by atoms with Crippen molar-refractivity contribution in [2.24, 2.45) is 4.99 Å². The molecular formula is C32H27Br2ClN2O6S. The second kappa shape index (κ2) is 13.7. The Morgan fingerprint density at radius 1 is 1.05 bits per heavy atom. The van der Waals surface area contributed by atoms with Crippen molar-refractivity contribution in [1.82, 2.24) is 4.57 Å². The van der Waals surface area contributed by atoms with E-state index in [1.165, 1.54) is 30.1 Å². The SMILES string of the molecule is CCOC(=O)C1=C(C)N=c2s/c(=C\c3ccc(OCc4ccccc4Cl)c(Br)c3)c(=O)n2[C@@H]1c1cc(OC)c(OC)cc1Br. The van der Waals surface area contributed by atoms with Crippen LogP contribution in [-0.4, -0.2) is 31.4 Å². The van der Waals surface area contributed by atoms with Gasteiger partial charge in [0.05, 0.1) is 47.1 Å². The number of carbonyl (C=O) groups is 1. The summed E-state index contributed by atoms with van der Waals surface area (Å²) >= 11 is 14.7. The molecule has 44 heavy (non-hydrogen) atoms. The number of halogens is 3. The van der Waals surface area contributed by atoms with Gasteiger partial charge in [0.2, 0.25) is 0 Å². The summed E-state index contributed by atoms with van der Waals surface area (Å²) in [5.74, 6) is 1.04. The minimum absolute atomic E-state index is 0.173. The zero-order valence-corrected chi connectivity index (χ0v) is 28.9. The molecule has 0 unspecified atom stereocenters. The van der Waals surface area contributed by atoms with E-state index >= 15 is 0 Å². The third-order valence-electron chi connectivity index (χ3n) is 6.91. The number of aromatic nitrogens is 1. The van der Waals surface area contributed by atoms with E-state index in [1.54, 1.807) is 32.1 Å². The van der Waals surface area contributed by atoms with E-state index in [0.717, 1.165) is 15.6 Å². The quantitative estimate of drug-likeness (QED) is 0.179. The molecule has 0 radical (unpaired) electrons. The maximum atomic E-state index is 14.1. The Hall–Kier alpha value is -3.38. The standard InChI is InChI=1S/C32H27Br2ClN2O6S/c1-5-42-31(39)28-17(2)36-32-37(29(28)20-14-25(40-3)26(41-4)15-21(20)33)30(38)27(44-32)13-18-10-11-24(22(34)12-18)43-16-19-8-6-7-9-23(19)35/h6-15,29H,5,16H2,1-4H3/b27-13-/t29-/m1/s1. The van der Waals surface area contributed by atoms with Crippen LogP contribution in [0.3, 0.4) is 0 Å². The van der Waals surface area contributed by atoms with Crippen molar-refractivity contribution < 1.29 is 23.7 Å². The average molecular weight is 763 g/mol. The summed E-state index contributed by atoms with van der Waals surface area (Å²) < 4.78 is 25.7. The van der Waals surface area contributed by atoms with Crippen LogP contribution in [0, 0.1) is 0 Å². The number of esters is 1. The van der Waals surface area contributed by atoms with Gasteiger partial charge in [0, 0.05) is 15.1 Å². The highest BCUT2D eigenvalue weighted by atomic mass is 79.9. The fourth-order valence-electron chi connectivity index (χ4n) is 4.81. The number of benzene rings is 3. The number of thiazole rings is 1. The lowest BCUT2D eigenvalue weighted by molar-refractivity contribution is -0.139. The first-order valence-corrected chi connectivity index (χ1v) is 16.2. The highest BCUT2D eigenvalue weighted by molar-refractivity contribution is 9.10. The molecule has 12 heteroatoms. The molecule has 1 atom stereocenters. The highest BCUT2D eigenvalue weighted by Crippen LogP contribution is 2.41. The van der Waals surface area contributed by atoms with Gasteiger partial charge in [0.1, 0.15) is 12.4 Å². The largest absolute Gasteiger partial charge is 0.493 e. The maximum absolute atomic E-state index is 14.1. The zero-order valence-electron chi connectivity index (χ0n) is 24.2. The van der Waals surface area contributed by atoms with Crippen LogP contribution in [0.15, 0.2) is 84.6 Å². The summed E-state index contributed by atoms with van der Waals surface area (Å²) in [5.41, 5.74) is 2.70. The number of nitrogens with zero attached hydrogens (tertiary/aromatic N) is 2. The number of rotatable bonds is 9. The molecule has 1 aliphatic heterocycles. The lowest BCUT2D eigenvalue weighted by atomic mass is 9.95. The number of hydrogen-bond acceptors (Lipinski definition) is 8. The molecule has 0 saturated heterocycles. The molecule has 0 N–H and O–H groups in total. The van der Waals surface area contributed by atoms with Crippen LogP contribution in [0.2, 0.25) is 5.02 Å². The van der Waals surface area contributed by atoms with Gasteiger partial charge in [-0.1, -0.05) is 63.1 Å². The van der Waals surface area contributed by atoms with Crippen LogP contribution in [0.4, 0.5) is 0 Å². The molecule has 0 aliphatic carbocycles. The summed E-state index contributed by atoms with van der Waals surface area (Å²) in [7, 11) is 3.07. The molecule has 8 nitrogen and oxygen atoms in total. The van der Waals surface area contributed by atoms with Crippen LogP contribution >= 0.6 is 54.8 Å². The van der Waals surface area contributed by atoms with E-state index in [0.29, 0.717) is 53.9 Å². The van der Waals surface area contributed by atoms with Gasteiger partial charge in [0.15, 0.2) is 16.3 Å². The van der Waals surface area contributed by atoms with Gasteiger partial charge in [-0.3, -0.25) is 9.36 Å². The number of carbonyl (C=O) groups excluding carboxylic acids is 1. The minimum Gasteiger partial charge on any atom is -0.493 e. The van der Waals surface area contributed by atoms with Crippen molar-refractivity contribution in [2.75, 3.05) is 20.8 Å². The second-order valence-corrected chi connectivity index (χ2v) is 12.7. The Bertz CT molecular complexity index is 1970. The van der Waals surface area contributed by atoms with Gasteiger partial charge >= 0.3 is 5.97 Å². The van der Waals surface area contributed by atoms with Crippen LogP contribution in [0.5, 0.6) is 17.2 Å². The van der Waals surface area contributed by atoms with E-state index < -0.39 is 12.0 Å². The Morgan fingerprint density at radius 3 is 2.45 bits per heavy atom. The zero-order chi connectivity index (χ0) is 31.5. The fourth-order valence-corrected chi connectivity index (χ4v) is 7.10. The van der Waals surface area contributed by atoms with Crippen molar-refractivity contribution in [3.63, 3.8) is 0 Å². The highest BCUT2D eigenvalue weighted by Gasteiger charge is 2.35. The van der Waals surface area contributed by atoms with Crippen LogP contribution in [0.25, 0.3) is 6.08 Å². The van der Waals surface area contributed by atoms with E-state index in [1.807, 2.05) is 42.5 Å². The lowest BCUT2D eigenvalue weighted by Gasteiger charge is -2.26. The molecular weight excluding hydrogens is 736 g/mol. The number of fused-ring (bicyclic) bond motifs is 1. The van der Waals surface area contributed by atoms with Crippen LogP contribution in [-0.2, 0) is 16.1 Å². The normalized spacial score (nSPS) is 14.6. The predicted octanol–water partition coefficient (Wildman–Crippen LogP) is 6.57. The van der Waals surface area contributed by atoms with Gasteiger partial charge in [0.25, 0.3) is 5.56 Å². The van der Waals surface area contributed by atoms with E-state index in [9.17, 15) is 9.59 Å². The summed E-state index contributed by atoms with van der Waals surface area (Å²) in [5, 5.41) is 0.635. The molecule has 1 aromatic heterocycles. The molecule has 5 rings (SSSR count). The van der Waals surface area contributed by atoms with Gasteiger partial charge < -0.3 is 18.9 Å². The Balaban J connectivity index is 1.58. The van der Waals surface area contributed by atoms with Crippen molar-refractivity contribution in [3.05, 3.63) is 116 Å². The van der Waals surface area contributed by atoms with Crippen molar-refractivity contribution in [3.8, 4) is 17.2 Å². The Labute approximate surface area is 279 Å². The van der Waals surface area contributed by atoms with Gasteiger partial charge in [-0.25, -0.2) is 9.79 Å². The van der Waals surface area contributed by atoms with Crippen molar-refractivity contribution >= 4 is 66.8 Å². The monoisotopic (exact) mass is 760 g/mol. The van der Waals surface area contributed by atoms with Crippen LogP contribution < -0.4 is 29.1 Å². The molecule has 4 aromatic rings. The number of allylic oxidation sites excluding steroid dienone is 1. The number of methoxy groups -OCH3 is 2. The molecule has 0 amide bonds. The molecule has 3 aromatic carbocycles. The summed E-state index contributed by atoms with van der Waals surface area (Å²) in [6.07, 6.45) is 1.79. The van der Waals surface area contributed by atoms with Crippen LogP contribution in [0.1, 0.15) is 36.6 Å². The first kappa shape index (κ1) is 32.0. The second-order valence-electron chi connectivity index (χ2n) is 9.60. The topological polar surface area (TPSA) is 88.4 Å². The van der Waals surface area contributed by atoms with E-state index in [2.05, 4.69) is 36.9 Å². The molecule has 0 spiro atoms. The van der Waals surface area contributed by atoms with Gasteiger partial charge in [-0.15, -0.1) is 0 Å². The average Bonchev–Trinajstić information content (AvgIpc) is 3.30. The van der Waals surface area contributed by atoms with E-state index in [4.69, 9.17) is 30.5 Å². The molecule has 0 saturated carbocycles. The smallest absolute Gasteiger partial charge is 0.338 e. The Kier molecular flexibility index (Phi) is 9.99. The third-order valence-corrected chi connectivity index (χ3v) is 9.57. The molecule has 1 aliphatic rings. The first-order valence-electron chi connectivity index (χ1n) is 13.4. The third kappa shape index (κ3) is 6.37. The molecule has 228 valence electrons. The predicted molar refractivity (Wildman–Crippen MR) is 178 cm³/mol. The van der Waals surface area contributed by atoms with Crippen molar-refractivity contribution in [2.45, 2.75) is 26.5 Å². The van der Waals surface area contributed by atoms with Crippen molar-refractivity contribution in [1.29, 1.82) is 0 Å². The minimum atomic E-state index is -0.825. The summed E-state index contributed by atoms with van der Waals surface area (Å²) in [6, 6.07) is 15.7. The van der Waals surface area contributed by atoms with E-state index in [-0.39, 0.29) is 17.7 Å². The first-order chi connectivity index (χ1) is 21.2. The number of hydrogen-bond donors (Lipinski definition) is 0. The number of ether oxygens (including phenoxy) is 4. The lowest BCUT2D eigenvalue weighted by Crippen LogP contribution is -2.40. The van der Waals surface area contributed by atoms with Gasteiger partial charge in [-0.05, 0) is 77.3 Å². The Morgan fingerprint density at radius 2 is 1.77 bits per heavy atom. The fraction of sp³-hybridized carbons (Fsp3) is 0.219. The van der Waals surface area contributed by atoms with Gasteiger partial charge in [-0.2, -0.15) is 0 Å². The molecule has 2 heterocycles.